The van der Waals surface area contributed by atoms with Gasteiger partial charge in [-0.1, -0.05) is 207 Å². The Bertz CT molecular complexity index is 2550. The van der Waals surface area contributed by atoms with Crippen molar-refractivity contribution in [2.24, 2.45) is 5.73 Å². The van der Waals surface area contributed by atoms with E-state index >= 15 is 0 Å². The second-order valence-electron chi connectivity index (χ2n) is 13.4. The van der Waals surface area contributed by atoms with Crippen molar-refractivity contribution in [1.29, 1.82) is 0 Å². The van der Waals surface area contributed by atoms with Crippen LogP contribution in [0.5, 0.6) is 0 Å². The summed E-state index contributed by atoms with van der Waals surface area (Å²) in [5.74, 6) is 0. The highest BCUT2D eigenvalue weighted by Gasteiger charge is 2.15. The van der Waals surface area contributed by atoms with Gasteiger partial charge in [-0.3, -0.25) is 0 Å². The maximum absolute atomic E-state index is 5.54. The lowest BCUT2D eigenvalue weighted by Crippen LogP contribution is -1.95. The minimum Gasteiger partial charge on any atom is -0.326 e. The monoisotopic (exact) mass is 683 g/mol. The summed E-state index contributed by atoms with van der Waals surface area (Å²) in [6.45, 7) is 4.91. The van der Waals surface area contributed by atoms with E-state index in [1.807, 2.05) is 24.3 Å². The zero-order chi connectivity index (χ0) is 36.4. The summed E-state index contributed by atoms with van der Waals surface area (Å²) in [4.78, 5) is 0. The Balaban J connectivity index is 0.000000162. The first-order valence-electron chi connectivity index (χ1n) is 18.5. The van der Waals surface area contributed by atoms with E-state index in [1.165, 1.54) is 82.4 Å². The normalized spacial score (nSPS) is 10.7. The molecular weight excluding hydrogens is 639 g/mol. The van der Waals surface area contributed by atoms with E-state index in [9.17, 15) is 0 Å². The molecular formula is C52H45N. The third-order valence-corrected chi connectivity index (χ3v) is 9.88. The second-order valence-corrected chi connectivity index (χ2v) is 13.4. The van der Waals surface area contributed by atoms with Crippen LogP contribution in [0.3, 0.4) is 0 Å². The maximum atomic E-state index is 5.54. The molecule has 1 heteroatoms. The van der Waals surface area contributed by atoms with Gasteiger partial charge in [0.15, 0.2) is 0 Å². The first kappa shape index (κ1) is 35.1. The molecule has 0 radical (unpaired) electrons. The van der Waals surface area contributed by atoms with Crippen molar-refractivity contribution in [2.75, 3.05) is 0 Å². The van der Waals surface area contributed by atoms with Crippen LogP contribution in [0.15, 0.2) is 200 Å². The van der Waals surface area contributed by atoms with Gasteiger partial charge >= 0.3 is 0 Å². The van der Waals surface area contributed by atoms with E-state index in [-0.39, 0.29) is 0 Å². The van der Waals surface area contributed by atoms with E-state index in [2.05, 4.69) is 190 Å². The van der Waals surface area contributed by atoms with Gasteiger partial charge < -0.3 is 5.73 Å². The van der Waals surface area contributed by atoms with Crippen LogP contribution < -0.4 is 5.73 Å². The van der Waals surface area contributed by atoms with Crippen molar-refractivity contribution in [3.63, 3.8) is 0 Å². The molecule has 0 fully saturated rings. The van der Waals surface area contributed by atoms with Gasteiger partial charge in [-0.25, -0.2) is 0 Å². The van der Waals surface area contributed by atoms with Crippen LogP contribution in [0.1, 0.15) is 23.6 Å². The summed E-state index contributed by atoms with van der Waals surface area (Å²) in [5.41, 5.74) is 17.0. The van der Waals surface area contributed by atoms with Crippen molar-refractivity contribution in [2.45, 2.75) is 26.8 Å². The van der Waals surface area contributed by atoms with Crippen molar-refractivity contribution in [1.82, 2.24) is 0 Å². The van der Waals surface area contributed by atoms with Gasteiger partial charge in [-0.05, 0) is 96.2 Å². The Morgan fingerprint density at radius 2 is 0.906 bits per heavy atom. The minimum absolute atomic E-state index is 0.606. The van der Waals surface area contributed by atoms with Gasteiger partial charge in [-0.15, -0.1) is 0 Å². The lowest BCUT2D eigenvalue weighted by Gasteiger charge is -2.17. The first-order valence-corrected chi connectivity index (χ1v) is 18.5. The van der Waals surface area contributed by atoms with Gasteiger partial charge in [0.05, 0.1) is 0 Å². The molecule has 0 aliphatic rings. The molecule has 9 rings (SSSR count). The SMILES string of the molecule is CCc1ccccc1.Cc1ccc(-c2c(-c3cc4ccccc4c4ccccc34)ccc3ccccc23)cc1.NCc1ccc(-c2ccccc2)cc1. The number of hydrogen-bond donors (Lipinski definition) is 1. The molecule has 1 nitrogen and oxygen atoms in total. The Labute approximate surface area is 314 Å². The molecule has 9 aromatic carbocycles. The molecule has 0 atom stereocenters. The molecule has 53 heavy (non-hydrogen) atoms. The molecule has 2 N–H and O–H groups in total. The quantitative estimate of drug-likeness (QED) is 0.180. The number of hydrogen-bond acceptors (Lipinski definition) is 1. The summed E-state index contributed by atoms with van der Waals surface area (Å²) in [5, 5.41) is 7.75. The molecule has 0 spiro atoms. The topological polar surface area (TPSA) is 26.0 Å². The number of nitrogens with two attached hydrogens (primary N) is 1. The van der Waals surface area contributed by atoms with Crippen molar-refractivity contribution < 1.29 is 0 Å². The van der Waals surface area contributed by atoms with E-state index in [0.717, 1.165) is 6.42 Å². The Morgan fingerprint density at radius 3 is 1.55 bits per heavy atom. The Hall–Kier alpha value is -6.28. The molecule has 0 saturated carbocycles. The predicted molar refractivity (Wildman–Crippen MR) is 230 cm³/mol. The van der Waals surface area contributed by atoms with Gasteiger partial charge in [0.1, 0.15) is 0 Å². The van der Waals surface area contributed by atoms with Crippen LogP contribution in [0.2, 0.25) is 0 Å². The third kappa shape index (κ3) is 8.12. The van der Waals surface area contributed by atoms with E-state index in [4.69, 9.17) is 5.73 Å². The Morgan fingerprint density at radius 1 is 0.377 bits per heavy atom. The highest BCUT2D eigenvalue weighted by atomic mass is 14.5. The average molecular weight is 684 g/mol. The zero-order valence-electron chi connectivity index (χ0n) is 30.5. The second kappa shape index (κ2) is 16.8. The maximum Gasteiger partial charge on any atom is 0.0178 e. The Kier molecular flexibility index (Phi) is 11.2. The van der Waals surface area contributed by atoms with Crippen LogP contribution in [0.4, 0.5) is 0 Å². The van der Waals surface area contributed by atoms with E-state index in [1.54, 1.807) is 0 Å². The van der Waals surface area contributed by atoms with E-state index in [0.29, 0.717) is 6.54 Å². The van der Waals surface area contributed by atoms with Crippen molar-refractivity contribution in [3.05, 3.63) is 217 Å². The average Bonchev–Trinajstić information content (AvgIpc) is 3.24. The number of rotatable bonds is 5. The largest absolute Gasteiger partial charge is 0.326 e. The van der Waals surface area contributed by atoms with Crippen LogP contribution in [-0.4, -0.2) is 0 Å². The van der Waals surface area contributed by atoms with Gasteiger partial charge in [-0.2, -0.15) is 0 Å². The summed E-state index contributed by atoms with van der Waals surface area (Å²) < 4.78 is 0. The zero-order valence-corrected chi connectivity index (χ0v) is 30.5. The molecule has 0 bridgehead atoms. The summed E-state index contributed by atoms with van der Waals surface area (Å²) >= 11 is 0. The van der Waals surface area contributed by atoms with Crippen LogP contribution in [-0.2, 0) is 13.0 Å². The number of fused-ring (bicyclic) bond motifs is 4. The third-order valence-electron chi connectivity index (χ3n) is 9.88. The molecule has 258 valence electrons. The fourth-order valence-electron chi connectivity index (χ4n) is 6.98. The molecule has 0 aliphatic heterocycles. The smallest absolute Gasteiger partial charge is 0.0178 e. The fourth-order valence-corrected chi connectivity index (χ4v) is 6.98. The molecule has 0 saturated heterocycles. The lowest BCUT2D eigenvalue weighted by molar-refractivity contribution is 1.07. The fraction of sp³-hybridized carbons (Fsp3) is 0.0769. The highest BCUT2D eigenvalue weighted by Crippen LogP contribution is 2.42. The lowest BCUT2D eigenvalue weighted by atomic mass is 9.86. The van der Waals surface area contributed by atoms with E-state index < -0.39 is 0 Å². The molecule has 0 heterocycles. The summed E-state index contributed by atoms with van der Waals surface area (Å²) in [6, 6.07) is 71.2. The molecule has 0 amide bonds. The summed E-state index contributed by atoms with van der Waals surface area (Å²) in [6.07, 6.45) is 1.14. The van der Waals surface area contributed by atoms with Gasteiger partial charge in [0, 0.05) is 6.54 Å². The standard InChI is InChI=1S/C31H22.C13H13N.C8H10/c1-21-14-16-23(17-15-21)31-26-11-5-2-8-22(26)18-19-29(31)30-20-24-9-3-4-10-25(24)27-12-6-7-13-28(27)30;14-10-11-6-8-13(9-7-11)12-4-2-1-3-5-12;1-2-8-6-4-3-5-7-8/h2-20H,1H3;1-9H,10,14H2;3-7H,2H2,1H3. The van der Waals surface area contributed by atoms with Crippen LogP contribution in [0.25, 0.3) is 65.7 Å². The molecule has 0 aromatic heterocycles. The molecule has 0 unspecified atom stereocenters. The summed E-state index contributed by atoms with van der Waals surface area (Å²) in [7, 11) is 0. The van der Waals surface area contributed by atoms with Crippen LogP contribution in [0, 0.1) is 6.92 Å². The first-order chi connectivity index (χ1) is 26.1. The number of aryl methyl sites for hydroxylation is 2. The van der Waals surface area contributed by atoms with Crippen LogP contribution >= 0.6 is 0 Å². The van der Waals surface area contributed by atoms with Gasteiger partial charge in [0.2, 0.25) is 0 Å². The number of benzene rings is 9. The molecule has 9 aromatic rings. The molecule has 0 aliphatic carbocycles. The van der Waals surface area contributed by atoms with Gasteiger partial charge in [0.25, 0.3) is 0 Å². The highest BCUT2D eigenvalue weighted by molar-refractivity contribution is 6.16. The predicted octanol–water partition coefficient (Wildman–Crippen LogP) is 13.8. The van der Waals surface area contributed by atoms with Crippen molar-refractivity contribution in [3.8, 4) is 33.4 Å². The minimum atomic E-state index is 0.606. The van der Waals surface area contributed by atoms with Crippen molar-refractivity contribution >= 4 is 32.3 Å².